The highest BCUT2D eigenvalue weighted by Crippen LogP contribution is 2.51. The van der Waals surface area contributed by atoms with E-state index in [2.05, 4.69) is 59.4 Å². The maximum atomic E-state index is 14.5. The molecule has 16 nitrogen and oxygen atoms in total. The minimum Gasteiger partial charge on any atom is -0.465 e. The van der Waals surface area contributed by atoms with Crippen molar-refractivity contribution in [1.82, 2.24) is 39.5 Å². The van der Waals surface area contributed by atoms with Gasteiger partial charge in [-0.1, -0.05) is 42.5 Å². The van der Waals surface area contributed by atoms with Gasteiger partial charge in [0.05, 0.1) is 47.1 Å². The molecule has 8 atom stereocenters. The summed E-state index contributed by atoms with van der Waals surface area (Å²) >= 11 is 0. The van der Waals surface area contributed by atoms with Gasteiger partial charge in [0.25, 0.3) is 0 Å². The molecule has 4 aromatic rings. The van der Waals surface area contributed by atoms with E-state index in [1.54, 1.807) is 0 Å². The number of H-pyrrole nitrogens is 2. The summed E-state index contributed by atoms with van der Waals surface area (Å²) in [6, 6.07) is 12.4. The Hall–Kier alpha value is -5.74. The number of likely N-dealkylation sites (tertiary alicyclic amines) is 2. The first-order valence-electron chi connectivity index (χ1n) is 24.3. The molecule has 2 aromatic carbocycles. The number of imidazole rings is 2. The van der Waals surface area contributed by atoms with Crippen molar-refractivity contribution >= 4 is 24.0 Å². The molecule has 0 radical (unpaired) electrons. The zero-order valence-corrected chi connectivity index (χ0v) is 39.2. The number of hydrogen-bond donors (Lipinski definition) is 4. The molecule has 4 saturated heterocycles. The summed E-state index contributed by atoms with van der Waals surface area (Å²) in [5.41, 5.74) is 6.43. The Morgan fingerprint density at radius 1 is 0.657 bits per heavy atom. The molecule has 2 saturated carbocycles. The summed E-state index contributed by atoms with van der Waals surface area (Å²) in [6.07, 6.45) is 11.0. The third-order valence-electron chi connectivity index (χ3n) is 16.2. The molecule has 4 N–H and O–H groups in total. The van der Waals surface area contributed by atoms with Crippen LogP contribution in [0.3, 0.4) is 0 Å². The minimum atomic E-state index is -1.10. The third kappa shape index (κ3) is 8.48. The second-order valence-corrected chi connectivity index (χ2v) is 20.6. The average molecular weight is 917 g/mol. The molecule has 0 bridgehead atoms. The van der Waals surface area contributed by atoms with Gasteiger partial charge in [-0.15, -0.1) is 0 Å². The van der Waals surface area contributed by atoms with E-state index in [9.17, 15) is 29.4 Å². The lowest BCUT2D eigenvalue weighted by molar-refractivity contribution is -0.144. The van der Waals surface area contributed by atoms with Gasteiger partial charge in [0.2, 0.25) is 11.8 Å². The molecule has 2 aromatic heterocycles. The Balaban J connectivity index is 0.824. The highest BCUT2D eigenvalue weighted by Gasteiger charge is 2.54. The highest BCUT2D eigenvalue weighted by molar-refractivity contribution is 5.87. The second kappa shape index (κ2) is 17.4. The molecule has 67 heavy (non-hydrogen) atoms. The smallest absolute Gasteiger partial charge is 0.407 e. The molecule has 6 fully saturated rings. The van der Waals surface area contributed by atoms with Crippen LogP contribution in [0.1, 0.15) is 120 Å². The fourth-order valence-corrected chi connectivity index (χ4v) is 12.1. The van der Waals surface area contributed by atoms with Crippen LogP contribution in [0.4, 0.5) is 9.59 Å². The van der Waals surface area contributed by atoms with Crippen LogP contribution in [0.25, 0.3) is 33.6 Å². The van der Waals surface area contributed by atoms with Crippen LogP contribution >= 0.6 is 0 Å². The number of ether oxygens (including phenoxy) is 2. The van der Waals surface area contributed by atoms with Crippen molar-refractivity contribution < 1.29 is 38.9 Å². The van der Waals surface area contributed by atoms with Crippen LogP contribution in [-0.2, 0) is 19.1 Å². The molecule has 6 aliphatic rings. The van der Waals surface area contributed by atoms with Gasteiger partial charge in [-0.25, -0.2) is 19.6 Å². The van der Waals surface area contributed by atoms with Gasteiger partial charge in [-0.05, 0) is 132 Å². The van der Waals surface area contributed by atoms with Crippen molar-refractivity contribution in [3.05, 3.63) is 72.1 Å². The Labute approximate surface area is 391 Å². The topological polar surface area (TPSA) is 198 Å². The number of carbonyl (C=O) groups is 4. The number of carbonyl (C=O) groups excluding carboxylic acids is 2. The molecule has 6 heterocycles. The largest absolute Gasteiger partial charge is 0.465 e. The first kappa shape index (κ1) is 45.1. The number of hydrogen-bond acceptors (Lipinski definition) is 8. The SMILES string of the molecule is Cc1cc(-c2ccc(-c3cnc([C@@H]4CC[C@H](C)N4C(=O)C(C4CCOC5(CC5)C4)N(C)C(=O)O)[nH]3)cc2)ccc1-c1cnc([C@@H]2CC[C@H](C)N2C(=O)C(C2CCOC3(CC3)C2)N(C)C(=O)O)[nH]1. The molecule has 356 valence electrons. The van der Waals surface area contributed by atoms with E-state index in [-0.39, 0.29) is 59.0 Å². The van der Waals surface area contributed by atoms with E-state index in [1.807, 2.05) is 36.0 Å². The number of likely N-dealkylation sites (N-methyl/N-ethyl adjacent to an activating group) is 2. The standard InChI is InChI=1S/C51H64N8O8/c1-29-24-34(12-13-37(29)39-28-53-45(55-39)41-15-7-31(3)59(41)47(61)43(57(5)49(64)65)36-17-23-67-51(26-36)20-21-51)32-8-10-33(11-9-32)38-27-52-44(54-38)40-14-6-30(2)58(40)46(60)42(56(4)48(62)63)35-16-22-66-50(25-35)18-19-50/h8-13,24,27-28,30-31,35-36,40-43H,6-7,14-23,25-26H2,1-5H3,(H,52,54)(H,53,55)(H,62,63)(H,64,65)/t30-,31-,35?,36?,40-,41-,42?,43?/m0/s1. The fourth-order valence-electron chi connectivity index (χ4n) is 12.1. The van der Waals surface area contributed by atoms with Gasteiger partial charge in [-0.2, -0.15) is 0 Å². The van der Waals surface area contributed by atoms with E-state index < -0.39 is 24.3 Å². The lowest BCUT2D eigenvalue weighted by Crippen LogP contribution is -2.55. The first-order valence-corrected chi connectivity index (χ1v) is 24.3. The number of nitrogens with zero attached hydrogens (tertiary/aromatic N) is 6. The molecule has 2 spiro atoms. The van der Waals surface area contributed by atoms with Crippen molar-refractivity contribution in [3.8, 4) is 33.6 Å². The summed E-state index contributed by atoms with van der Waals surface area (Å²) < 4.78 is 12.1. The Kier molecular flexibility index (Phi) is 11.7. The van der Waals surface area contributed by atoms with Crippen molar-refractivity contribution in [3.63, 3.8) is 0 Å². The number of nitrogens with one attached hydrogen (secondary N) is 2. The van der Waals surface area contributed by atoms with E-state index >= 15 is 0 Å². The number of amides is 4. The quantitative estimate of drug-likeness (QED) is 0.113. The molecule has 10 rings (SSSR count). The maximum Gasteiger partial charge on any atom is 0.407 e. The Bertz CT molecular complexity index is 2530. The zero-order chi connectivity index (χ0) is 46.9. The molecule has 16 heteroatoms. The van der Waals surface area contributed by atoms with Crippen molar-refractivity contribution in [2.24, 2.45) is 11.8 Å². The fraction of sp³-hybridized carbons (Fsp3) is 0.569. The minimum absolute atomic E-state index is 0.0586. The number of rotatable bonds is 11. The van der Waals surface area contributed by atoms with Gasteiger partial charge in [-0.3, -0.25) is 19.4 Å². The Morgan fingerprint density at radius 3 is 1.57 bits per heavy atom. The summed E-state index contributed by atoms with van der Waals surface area (Å²) in [7, 11) is 3.04. The van der Waals surface area contributed by atoms with Crippen molar-refractivity contribution in [2.45, 2.75) is 145 Å². The second-order valence-electron chi connectivity index (χ2n) is 20.6. The molecular weight excluding hydrogens is 853 g/mol. The number of carboxylic acid groups (broad SMARTS) is 2. The number of aromatic amines is 2. The maximum absolute atomic E-state index is 14.5. The van der Waals surface area contributed by atoms with Crippen molar-refractivity contribution in [1.29, 1.82) is 0 Å². The summed E-state index contributed by atoms with van der Waals surface area (Å²) in [5.74, 6) is 0.874. The van der Waals surface area contributed by atoms with Crippen LogP contribution in [0.5, 0.6) is 0 Å². The van der Waals surface area contributed by atoms with E-state index in [0.29, 0.717) is 50.5 Å². The van der Waals surface area contributed by atoms with Crippen LogP contribution < -0.4 is 0 Å². The number of aryl methyl sites for hydroxylation is 1. The van der Waals surface area contributed by atoms with Gasteiger partial charge in [0.1, 0.15) is 23.7 Å². The first-order chi connectivity index (χ1) is 32.1. The van der Waals surface area contributed by atoms with E-state index in [4.69, 9.17) is 19.4 Å². The molecule has 4 unspecified atom stereocenters. The highest BCUT2D eigenvalue weighted by atomic mass is 16.5. The Morgan fingerprint density at radius 2 is 1.10 bits per heavy atom. The molecule has 2 aliphatic carbocycles. The number of aromatic nitrogens is 4. The zero-order valence-electron chi connectivity index (χ0n) is 39.2. The van der Waals surface area contributed by atoms with Crippen LogP contribution in [0.2, 0.25) is 0 Å². The predicted molar refractivity (Wildman–Crippen MR) is 249 cm³/mol. The van der Waals surface area contributed by atoms with Gasteiger partial charge in [0.15, 0.2) is 0 Å². The van der Waals surface area contributed by atoms with Gasteiger partial charge >= 0.3 is 12.2 Å². The summed E-state index contributed by atoms with van der Waals surface area (Å²) in [4.78, 5) is 76.6. The third-order valence-corrected chi connectivity index (χ3v) is 16.2. The number of benzene rings is 2. The monoisotopic (exact) mass is 916 g/mol. The van der Waals surface area contributed by atoms with E-state index in [1.165, 1.54) is 23.9 Å². The summed E-state index contributed by atoms with van der Waals surface area (Å²) in [6.45, 7) is 7.24. The molecular formula is C51H64N8O8. The van der Waals surface area contributed by atoms with Crippen LogP contribution in [0.15, 0.2) is 54.9 Å². The molecule has 4 amide bonds. The van der Waals surface area contributed by atoms with Gasteiger partial charge in [0, 0.05) is 45.0 Å². The van der Waals surface area contributed by atoms with Crippen molar-refractivity contribution in [2.75, 3.05) is 27.3 Å². The van der Waals surface area contributed by atoms with Crippen LogP contribution in [0, 0.1) is 18.8 Å². The molecule has 4 aliphatic heterocycles. The van der Waals surface area contributed by atoms with Crippen LogP contribution in [-0.4, -0.2) is 136 Å². The average Bonchev–Trinajstić information content (AvgIpc) is 3.84. The van der Waals surface area contributed by atoms with Gasteiger partial charge < -0.3 is 39.5 Å². The van der Waals surface area contributed by atoms with E-state index in [0.717, 1.165) is 90.6 Å². The normalized spacial score (nSPS) is 26.9. The lowest BCUT2D eigenvalue weighted by atomic mass is 9.85. The summed E-state index contributed by atoms with van der Waals surface area (Å²) in [5, 5.41) is 20.2. The predicted octanol–water partition coefficient (Wildman–Crippen LogP) is 8.42. The lowest BCUT2D eigenvalue weighted by Gasteiger charge is -2.41.